The number of nitrogens with zero attached hydrogens (tertiary/aromatic N) is 1. The number of ether oxygens (including phenoxy) is 1. The third kappa shape index (κ3) is 4.57. The summed E-state index contributed by atoms with van der Waals surface area (Å²) in [5.41, 5.74) is 5.34. The third-order valence-electron chi connectivity index (χ3n) is 4.05. The lowest BCUT2D eigenvalue weighted by Gasteiger charge is -2.34. The molecule has 1 atom stereocenters. The van der Waals surface area contributed by atoms with E-state index in [0.29, 0.717) is 6.54 Å². The van der Waals surface area contributed by atoms with E-state index < -0.39 is 5.54 Å². The van der Waals surface area contributed by atoms with E-state index in [1.165, 1.54) is 4.88 Å². The Hall–Kier alpha value is -0.370. The summed E-state index contributed by atoms with van der Waals surface area (Å²) in [5.74, 6) is -0.00712. The Morgan fingerprint density at radius 3 is 2.64 bits per heavy atom. The maximum atomic E-state index is 12.0. The Bertz CT molecular complexity index is 463. The molecule has 1 amide bonds. The molecule has 1 saturated carbocycles. The van der Waals surface area contributed by atoms with Crippen LogP contribution in [0.5, 0.6) is 0 Å². The number of nitrogens with two attached hydrogens (primary N) is 1. The Balaban J connectivity index is 0.00000121. The molecule has 1 unspecified atom stereocenters. The zero-order chi connectivity index (χ0) is 14.0. The molecule has 1 aliphatic heterocycles. The summed E-state index contributed by atoms with van der Waals surface area (Å²) in [5, 5.41) is 5.11. The van der Waals surface area contributed by atoms with Crippen LogP contribution in [0, 0.1) is 0 Å². The Labute approximate surface area is 147 Å². The number of carbonyl (C=O) groups excluding carboxylic acids is 1. The highest BCUT2D eigenvalue weighted by Gasteiger charge is 2.46. The van der Waals surface area contributed by atoms with Crippen molar-refractivity contribution in [3.05, 3.63) is 22.4 Å². The van der Waals surface area contributed by atoms with Crippen LogP contribution in [-0.2, 0) is 9.53 Å². The first-order chi connectivity index (χ1) is 9.69. The first-order valence-corrected chi connectivity index (χ1v) is 7.99. The van der Waals surface area contributed by atoms with Crippen molar-refractivity contribution in [3.8, 4) is 0 Å². The minimum absolute atomic E-state index is 0. The molecule has 2 aliphatic rings. The molecule has 2 heterocycles. The standard InChI is InChI=1S/C14H21N3O2S.2ClH/c15-14(3-4-14)13(18)16-10-11(12-2-1-9-20-12)17-5-7-19-8-6-17;;/h1-2,9,11H,3-8,10,15H2,(H,16,18);2*1H. The molecule has 2 fully saturated rings. The fraction of sp³-hybridized carbons (Fsp3) is 0.643. The van der Waals surface area contributed by atoms with E-state index in [9.17, 15) is 4.79 Å². The lowest BCUT2D eigenvalue weighted by Crippen LogP contribution is -2.48. The number of amides is 1. The fourth-order valence-electron chi connectivity index (χ4n) is 2.51. The number of nitrogens with one attached hydrogen (secondary N) is 1. The van der Waals surface area contributed by atoms with Crippen molar-refractivity contribution in [2.24, 2.45) is 5.73 Å². The fourth-order valence-corrected chi connectivity index (χ4v) is 3.37. The second kappa shape index (κ2) is 8.47. The van der Waals surface area contributed by atoms with Crippen molar-refractivity contribution in [2.45, 2.75) is 24.4 Å². The van der Waals surface area contributed by atoms with Gasteiger partial charge in [0.15, 0.2) is 0 Å². The maximum absolute atomic E-state index is 12.0. The molecule has 126 valence electrons. The minimum atomic E-state index is -0.592. The highest BCUT2D eigenvalue weighted by molar-refractivity contribution is 7.10. The number of hydrogen-bond donors (Lipinski definition) is 2. The number of halogens is 2. The topological polar surface area (TPSA) is 67.6 Å². The predicted octanol–water partition coefficient (Wildman–Crippen LogP) is 1.57. The van der Waals surface area contributed by atoms with Gasteiger partial charge in [-0.3, -0.25) is 9.69 Å². The summed E-state index contributed by atoms with van der Waals surface area (Å²) < 4.78 is 5.41. The molecular formula is C14H23Cl2N3O2S. The van der Waals surface area contributed by atoms with Crippen LogP contribution in [0.15, 0.2) is 17.5 Å². The van der Waals surface area contributed by atoms with E-state index in [1.807, 2.05) is 0 Å². The van der Waals surface area contributed by atoms with Gasteiger partial charge in [-0.2, -0.15) is 0 Å². The second-order valence-electron chi connectivity index (χ2n) is 5.55. The van der Waals surface area contributed by atoms with Gasteiger partial charge in [-0.1, -0.05) is 6.07 Å². The van der Waals surface area contributed by atoms with Gasteiger partial charge in [0.2, 0.25) is 5.91 Å². The Kier molecular flexibility index (Phi) is 7.58. The quantitative estimate of drug-likeness (QED) is 0.828. The molecule has 1 aromatic heterocycles. The van der Waals surface area contributed by atoms with Gasteiger partial charge in [0.1, 0.15) is 0 Å². The molecule has 0 radical (unpaired) electrons. The number of thiophene rings is 1. The highest BCUT2D eigenvalue weighted by Crippen LogP contribution is 2.32. The summed E-state index contributed by atoms with van der Waals surface area (Å²) in [6.07, 6.45) is 1.61. The van der Waals surface area contributed by atoms with Crippen molar-refractivity contribution in [1.29, 1.82) is 0 Å². The predicted molar refractivity (Wildman–Crippen MR) is 93.1 cm³/mol. The van der Waals surface area contributed by atoms with E-state index in [0.717, 1.165) is 39.1 Å². The SMILES string of the molecule is Cl.Cl.NC1(C(=O)NCC(c2cccs2)N2CCOCC2)CC1. The molecule has 0 aromatic carbocycles. The smallest absolute Gasteiger partial charge is 0.240 e. The van der Waals surface area contributed by atoms with Gasteiger partial charge in [0, 0.05) is 24.5 Å². The van der Waals surface area contributed by atoms with Crippen LogP contribution in [0.2, 0.25) is 0 Å². The van der Waals surface area contributed by atoms with Crippen LogP contribution in [0.3, 0.4) is 0 Å². The van der Waals surface area contributed by atoms with Crippen molar-refractivity contribution < 1.29 is 9.53 Å². The molecule has 3 rings (SSSR count). The van der Waals surface area contributed by atoms with E-state index in [1.54, 1.807) is 11.3 Å². The molecule has 0 bridgehead atoms. The zero-order valence-corrected chi connectivity index (χ0v) is 14.8. The zero-order valence-electron chi connectivity index (χ0n) is 12.3. The molecule has 22 heavy (non-hydrogen) atoms. The average Bonchev–Trinajstić information content (AvgIpc) is 3.02. The van der Waals surface area contributed by atoms with Crippen LogP contribution in [0.4, 0.5) is 0 Å². The lowest BCUT2D eigenvalue weighted by molar-refractivity contribution is -0.123. The van der Waals surface area contributed by atoms with Crippen molar-refractivity contribution in [2.75, 3.05) is 32.8 Å². The summed E-state index contributed by atoms with van der Waals surface area (Å²) in [6, 6.07) is 4.41. The molecular weight excluding hydrogens is 345 g/mol. The number of rotatable bonds is 5. The van der Waals surface area contributed by atoms with Gasteiger partial charge < -0.3 is 15.8 Å². The third-order valence-corrected chi connectivity index (χ3v) is 5.03. The van der Waals surface area contributed by atoms with Gasteiger partial charge in [0.05, 0.1) is 24.8 Å². The van der Waals surface area contributed by atoms with Crippen LogP contribution in [0.1, 0.15) is 23.8 Å². The molecule has 3 N–H and O–H groups in total. The van der Waals surface area contributed by atoms with Crippen LogP contribution >= 0.6 is 36.2 Å². The summed E-state index contributed by atoms with van der Waals surface area (Å²) in [4.78, 5) is 15.7. The van der Waals surface area contributed by atoms with E-state index in [-0.39, 0.29) is 36.8 Å². The maximum Gasteiger partial charge on any atom is 0.240 e. The first kappa shape index (κ1) is 19.7. The molecule has 0 spiro atoms. The Morgan fingerprint density at radius 2 is 2.09 bits per heavy atom. The van der Waals surface area contributed by atoms with Crippen molar-refractivity contribution in [1.82, 2.24) is 10.2 Å². The lowest BCUT2D eigenvalue weighted by atomic mass is 10.1. The normalized spacial score (nSPS) is 21.1. The summed E-state index contributed by atoms with van der Waals surface area (Å²) >= 11 is 1.73. The number of morpholine rings is 1. The minimum Gasteiger partial charge on any atom is -0.379 e. The van der Waals surface area contributed by atoms with Gasteiger partial charge in [-0.25, -0.2) is 0 Å². The molecule has 8 heteroatoms. The largest absolute Gasteiger partial charge is 0.379 e. The molecule has 1 saturated heterocycles. The summed E-state index contributed by atoms with van der Waals surface area (Å²) in [6.45, 7) is 3.96. The number of hydrogen-bond acceptors (Lipinski definition) is 5. The second-order valence-corrected chi connectivity index (χ2v) is 6.52. The van der Waals surface area contributed by atoms with Crippen molar-refractivity contribution >= 4 is 42.1 Å². The number of carbonyl (C=O) groups is 1. The van der Waals surface area contributed by atoms with Crippen LogP contribution in [-0.4, -0.2) is 49.2 Å². The molecule has 1 aliphatic carbocycles. The summed E-state index contributed by atoms with van der Waals surface area (Å²) in [7, 11) is 0. The average molecular weight is 368 g/mol. The van der Waals surface area contributed by atoms with Gasteiger partial charge in [0.25, 0.3) is 0 Å². The Morgan fingerprint density at radius 1 is 1.41 bits per heavy atom. The van der Waals surface area contributed by atoms with E-state index in [4.69, 9.17) is 10.5 Å². The van der Waals surface area contributed by atoms with Crippen LogP contribution < -0.4 is 11.1 Å². The van der Waals surface area contributed by atoms with E-state index >= 15 is 0 Å². The van der Waals surface area contributed by atoms with Crippen molar-refractivity contribution in [3.63, 3.8) is 0 Å². The first-order valence-electron chi connectivity index (χ1n) is 7.11. The molecule has 1 aromatic rings. The van der Waals surface area contributed by atoms with Gasteiger partial charge >= 0.3 is 0 Å². The van der Waals surface area contributed by atoms with E-state index in [2.05, 4.69) is 27.7 Å². The monoisotopic (exact) mass is 367 g/mol. The highest BCUT2D eigenvalue weighted by atomic mass is 35.5. The van der Waals surface area contributed by atoms with Gasteiger partial charge in [-0.05, 0) is 24.3 Å². The van der Waals surface area contributed by atoms with Gasteiger partial charge in [-0.15, -0.1) is 36.2 Å². The molecule has 5 nitrogen and oxygen atoms in total. The van der Waals surface area contributed by atoms with Crippen LogP contribution in [0.25, 0.3) is 0 Å².